The monoisotopic (exact) mass is 402 g/mol. The van der Waals surface area contributed by atoms with Gasteiger partial charge in [0.05, 0.1) is 16.5 Å². The Kier molecular flexibility index (Phi) is 5.67. The van der Waals surface area contributed by atoms with Gasteiger partial charge in [-0.2, -0.15) is 13.2 Å². The molecule has 3 rings (SSSR count). The number of hydrogen-bond donors (Lipinski definition) is 2. The Morgan fingerprint density at radius 3 is 2.66 bits per heavy atom. The molecular formula is C20H17F3N4O2. The minimum atomic E-state index is -4.46. The molecular weight excluding hydrogens is 385 g/mol. The summed E-state index contributed by atoms with van der Waals surface area (Å²) in [4.78, 5) is 28.9. The second-order valence-electron chi connectivity index (χ2n) is 6.07. The summed E-state index contributed by atoms with van der Waals surface area (Å²) >= 11 is 0. The van der Waals surface area contributed by atoms with Crippen molar-refractivity contribution >= 4 is 28.8 Å². The van der Waals surface area contributed by atoms with Crippen molar-refractivity contribution in [3.8, 4) is 0 Å². The predicted molar refractivity (Wildman–Crippen MR) is 104 cm³/mol. The number of nitrogens with one attached hydrogen (secondary N) is 2. The summed E-state index contributed by atoms with van der Waals surface area (Å²) in [6.07, 6.45) is -2.12. The van der Waals surface area contributed by atoms with Gasteiger partial charge in [-0.3, -0.25) is 25.0 Å². The highest BCUT2D eigenvalue weighted by molar-refractivity contribution is 5.92. The molecule has 2 N–H and O–H groups in total. The number of aromatic nitrogens is 2. The number of amides is 1. The molecule has 6 nitrogen and oxygen atoms in total. The Labute approximate surface area is 163 Å². The van der Waals surface area contributed by atoms with E-state index in [2.05, 4.69) is 15.8 Å². The maximum Gasteiger partial charge on any atom is 0.416 e. The smallest absolute Gasteiger partial charge is 0.277 e. The van der Waals surface area contributed by atoms with Crippen LogP contribution in [0, 0.1) is 0 Å². The highest BCUT2D eigenvalue weighted by Crippen LogP contribution is 2.29. The van der Waals surface area contributed by atoms with Crippen LogP contribution in [0.25, 0.3) is 17.0 Å². The Morgan fingerprint density at radius 1 is 1.17 bits per heavy atom. The number of anilines is 1. The molecule has 1 amide bonds. The van der Waals surface area contributed by atoms with Gasteiger partial charge in [0.1, 0.15) is 0 Å². The molecule has 1 aromatic heterocycles. The summed E-state index contributed by atoms with van der Waals surface area (Å²) in [6.45, 7) is 2.09. The van der Waals surface area contributed by atoms with Crippen LogP contribution in [0.5, 0.6) is 0 Å². The molecule has 0 atom stereocenters. The summed E-state index contributed by atoms with van der Waals surface area (Å²) in [5.74, 6) is -0.468. The zero-order valence-corrected chi connectivity index (χ0v) is 15.3. The number of nitrogens with zero attached hydrogens (tertiary/aromatic N) is 2. The van der Waals surface area contributed by atoms with E-state index in [1.807, 2.05) is 0 Å². The minimum absolute atomic E-state index is 0.150. The van der Waals surface area contributed by atoms with Crippen LogP contribution in [0.1, 0.15) is 18.1 Å². The molecule has 0 spiro atoms. The Balaban J connectivity index is 1.74. The van der Waals surface area contributed by atoms with E-state index in [1.54, 1.807) is 31.2 Å². The molecule has 0 saturated carbocycles. The lowest BCUT2D eigenvalue weighted by Crippen LogP contribution is -2.33. The van der Waals surface area contributed by atoms with E-state index >= 15 is 0 Å². The maximum atomic E-state index is 12.7. The normalized spacial score (nSPS) is 11.7. The van der Waals surface area contributed by atoms with Gasteiger partial charge in [0, 0.05) is 12.6 Å². The summed E-state index contributed by atoms with van der Waals surface area (Å²) in [6, 6.07) is 11.4. The van der Waals surface area contributed by atoms with Gasteiger partial charge >= 0.3 is 6.18 Å². The molecule has 150 valence electrons. The fraction of sp³-hybridized carbons (Fsp3) is 0.150. The molecule has 29 heavy (non-hydrogen) atoms. The first-order valence-electron chi connectivity index (χ1n) is 8.70. The lowest BCUT2D eigenvalue weighted by Gasteiger charge is -2.13. The van der Waals surface area contributed by atoms with Crippen molar-refractivity contribution in [3.05, 3.63) is 76.1 Å². The van der Waals surface area contributed by atoms with E-state index in [-0.39, 0.29) is 17.1 Å². The first-order chi connectivity index (χ1) is 13.8. The molecule has 1 heterocycles. The van der Waals surface area contributed by atoms with E-state index < -0.39 is 17.6 Å². The van der Waals surface area contributed by atoms with Crippen LogP contribution >= 0.6 is 0 Å². The standard InChI is InChI=1S/C20H17F3N4O2/c1-2-27-18(29)15-8-3-4-9-16(15)24-19(27)26-25-17(28)11-10-13-6-5-7-14(12-13)20(21,22)23/h3-12H,2H2,1H3,(H,24,26)(H,25,28). The van der Waals surface area contributed by atoms with Crippen molar-refractivity contribution in [2.75, 3.05) is 5.43 Å². The van der Waals surface area contributed by atoms with Crippen LogP contribution in [0.2, 0.25) is 0 Å². The van der Waals surface area contributed by atoms with Crippen molar-refractivity contribution in [2.45, 2.75) is 19.6 Å². The molecule has 3 aromatic rings. The van der Waals surface area contributed by atoms with Gasteiger partial charge in [-0.25, -0.2) is 4.98 Å². The summed E-state index contributed by atoms with van der Waals surface area (Å²) in [5.41, 5.74) is 4.59. The van der Waals surface area contributed by atoms with Gasteiger partial charge in [-0.05, 0) is 42.8 Å². The molecule has 9 heteroatoms. The molecule has 0 fully saturated rings. The molecule has 0 aliphatic rings. The zero-order chi connectivity index (χ0) is 21.0. The third-order valence-electron chi connectivity index (χ3n) is 4.12. The number of alkyl halides is 3. The molecule has 0 bridgehead atoms. The van der Waals surface area contributed by atoms with Crippen molar-refractivity contribution in [1.82, 2.24) is 15.0 Å². The van der Waals surface area contributed by atoms with Crippen LogP contribution in [0.4, 0.5) is 19.1 Å². The van der Waals surface area contributed by atoms with Gasteiger partial charge in [0.15, 0.2) is 0 Å². The van der Waals surface area contributed by atoms with Gasteiger partial charge in [0.2, 0.25) is 5.95 Å². The van der Waals surface area contributed by atoms with Gasteiger partial charge in [-0.1, -0.05) is 24.3 Å². The number of carbonyl (C=O) groups is 1. The van der Waals surface area contributed by atoms with E-state index in [4.69, 9.17) is 0 Å². The lowest BCUT2D eigenvalue weighted by atomic mass is 10.1. The SMILES string of the molecule is CCn1c(NNC(=O)C=Cc2cccc(C(F)(F)F)c2)nc2ccccc2c1=O. The second kappa shape index (κ2) is 8.17. The number of halogens is 3. The first kappa shape index (κ1) is 20.1. The highest BCUT2D eigenvalue weighted by atomic mass is 19.4. The van der Waals surface area contributed by atoms with Crippen molar-refractivity contribution in [1.29, 1.82) is 0 Å². The Bertz CT molecular complexity index is 1140. The first-order valence-corrected chi connectivity index (χ1v) is 8.70. The van der Waals surface area contributed by atoms with Crippen LogP contribution in [-0.2, 0) is 17.5 Å². The number of hydrazine groups is 1. The van der Waals surface area contributed by atoms with E-state index in [1.165, 1.54) is 22.8 Å². The number of carbonyl (C=O) groups excluding carboxylic acids is 1. The summed E-state index contributed by atoms with van der Waals surface area (Å²) in [7, 11) is 0. The molecule has 0 radical (unpaired) electrons. The van der Waals surface area contributed by atoms with Gasteiger partial charge in [-0.15, -0.1) is 0 Å². The quantitative estimate of drug-likeness (QED) is 0.505. The van der Waals surface area contributed by atoms with E-state index in [0.717, 1.165) is 18.2 Å². The summed E-state index contributed by atoms with van der Waals surface area (Å²) < 4.78 is 39.6. The van der Waals surface area contributed by atoms with Crippen LogP contribution < -0.4 is 16.4 Å². The average molecular weight is 402 g/mol. The fourth-order valence-corrected chi connectivity index (χ4v) is 2.71. The summed E-state index contributed by atoms with van der Waals surface area (Å²) in [5, 5.41) is 0.454. The Morgan fingerprint density at radius 2 is 1.93 bits per heavy atom. The lowest BCUT2D eigenvalue weighted by molar-refractivity contribution is -0.137. The molecule has 0 aliphatic heterocycles. The van der Waals surface area contributed by atoms with Crippen molar-refractivity contribution in [2.24, 2.45) is 0 Å². The van der Waals surface area contributed by atoms with Crippen molar-refractivity contribution in [3.63, 3.8) is 0 Å². The highest BCUT2D eigenvalue weighted by Gasteiger charge is 2.30. The van der Waals surface area contributed by atoms with Crippen molar-refractivity contribution < 1.29 is 18.0 Å². The van der Waals surface area contributed by atoms with Gasteiger partial charge in [0.25, 0.3) is 11.5 Å². The number of para-hydroxylation sites is 1. The molecule has 2 aromatic carbocycles. The largest absolute Gasteiger partial charge is 0.416 e. The third-order valence-corrected chi connectivity index (χ3v) is 4.12. The number of rotatable bonds is 5. The Hall–Kier alpha value is -3.62. The number of fused-ring (bicyclic) bond motifs is 1. The van der Waals surface area contributed by atoms with E-state index in [9.17, 15) is 22.8 Å². The molecule has 0 aliphatic carbocycles. The number of hydrogen-bond acceptors (Lipinski definition) is 4. The zero-order valence-electron chi connectivity index (χ0n) is 15.3. The van der Waals surface area contributed by atoms with E-state index in [0.29, 0.717) is 17.4 Å². The van der Waals surface area contributed by atoms with Crippen LogP contribution in [0.15, 0.2) is 59.4 Å². The van der Waals surface area contributed by atoms with Gasteiger partial charge < -0.3 is 0 Å². The van der Waals surface area contributed by atoms with Crippen LogP contribution in [0.3, 0.4) is 0 Å². The maximum absolute atomic E-state index is 12.7. The third kappa shape index (κ3) is 4.63. The minimum Gasteiger partial charge on any atom is -0.277 e. The van der Waals surface area contributed by atoms with Crippen LogP contribution in [-0.4, -0.2) is 15.5 Å². The molecule has 0 saturated heterocycles. The second-order valence-corrected chi connectivity index (χ2v) is 6.07. The molecule has 0 unspecified atom stereocenters. The fourth-order valence-electron chi connectivity index (χ4n) is 2.71. The predicted octanol–water partition coefficient (Wildman–Crippen LogP) is 3.59. The average Bonchev–Trinajstić information content (AvgIpc) is 2.70. The number of benzene rings is 2. The topological polar surface area (TPSA) is 76.0 Å².